The molecule has 0 aliphatic rings. The van der Waals surface area contributed by atoms with Gasteiger partial charge in [0.15, 0.2) is 17.7 Å². The van der Waals surface area contributed by atoms with Crippen LogP contribution in [0.25, 0.3) is 0 Å². The van der Waals surface area contributed by atoms with Gasteiger partial charge >= 0.3 is 5.97 Å². The van der Waals surface area contributed by atoms with Crippen LogP contribution in [0.3, 0.4) is 0 Å². The largest absolute Gasteiger partial charge is 0.504 e. The third kappa shape index (κ3) is 2.35. The van der Waals surface area contributed by atoms with Crippen LogP contribution in [0.2, 0.25) is 0 Å². The number of halogens is 1. The highest BCUT2D eigenvalue weighted by Gasteiger charge is 2.25. The molecule has 15 heavy (non-hydrogen) atoms. The number of carboxylic acid groups (broad SMARTS) is 1. The predicted octanol–water partition coefficient (Wildman–Crippen LogP) is 0.520. The van der Waals surface area contributed by atoms with Crippen LogP contribution in [-0.2, 0) is 4.79 Å². The Morgan fingerprint density at radius 3 is 2.40 bits per heavy atom. The summed E-state index contributed by atoms with van der Waals surface area (Å²) in [5.74, 6) is -2.40. The molecule has 0 aliphatic carbocycles. The van der Waals surface area contributed by atoms with Crippen molar-refractivity contribution in [3.8, 4) is 11.5 Å². The van der Waals surface area contributed by atoms with Gasteiger partial charge in [0.05, 0.1) is 0 Å². The normalized spacial score (nSPS) is 14.5. The van der Waals surface area contributed by atoms with Crippen molar-refractivity contribution in [2.45, 2.75) is 12.2 Å². The summed E-state index contributed by atoms with van der Waals surface area (Å²) in [6.45, 7) is 0. The number of carbonyl (C=O) groups is 1. The lowest BCUT2D eigenvalue weighted by atomic mass is 10.0. The Bertz CT molecular complexity index is 382. The third-order valence-corrected chi connectivity index (χ3v) is 1.92. The molecule has 0 heterocycles. The van der Waals surface area contributed by atoms with Gasteiger partial charge in [-0.15, -0.1) is 0 Å². The molecule has 2 atom stereocenters. The van der Waals surface area contributed by atoms with Gasteiger partial charge < -0.3 is 21.1 Å². The molecule has 0 fully saturated rings. The Hall–Kier alpha value is -1.82. The molecule has 0 aromatic heterocycles. The maximum atomic E-state index is 13.4. The van der Waals surface area contributed by atoms with Crippen molar-refractivity contribution in [3.05, 3.63) is 23.8 Å². The highest BCUT2D eigenvalue weighted by atomic mass is 19.1. The van der Waals surface area contributed by atoms with Gasteiger partial charge in [-0.2, -0.15) is 0 Å². The summed E-state index contributed by atoms with van der Waals surface area (Å²) in [5, 5.41) is 26.5. The van der Waals surface area contributed by atoms with E-state index in [-0.39, 0.29) is 5.56 Å². The highest BCUT2D eigenvalue weighted by molar-refractivity contribution is 5.74. The molecule has 0 saturated heterocycles. The molecule has 1 aromatic rings. The molecule has 0 aliphatic heterocycles. The van der Waals surface area contributed by atoms with Crippen molar-refractivity contribution in [2.24, 2.45) is 5.73 Å². The molecule has 5 N–H and O–H groups in total. The monoisotopic (exact) mass is 215 g/mol. The molecule has 2 unspecified atom stereocenters. The lowest BCUT2D eigenvalue weighted by Gasteiger charge is -2.13. The van der Waals surface area contributed by atoms with Crippen molar-refractivity contribution < 1.29 is 24.5 Å². The Morgan fingerprint density at radius 2 is 1.93 bits per heavy atom. The van der Waals surface area contributed by atoms with Gasteiger partial charge in [-0.3, -0.25) is 4.79 Å². The fraction of sp³-hybridized carbons (Fsp3) is 0.222. The minimum Gasteiger partial charge on any atom is -0.504 e. The SMILES string of the molecule is NC(C(=O)O)C(F)c1ccc(O)c(O)c1. The lowest BCUT2D eigenvalue weighted by Crippen LogP contribution is -2.34. The van der Waals surface area contributed by atoms with Crippen LogP contribution < -0.4 is 5.73 Å². The molecule has 5 nitrogen and oxygen atoms in total. The van der Waals surface area contributed by atoms with Crippen LogP contribution in [0, 0.1) is 0 Å². The fourth-order valence-corrected chi connectivity index (χ4v) is 1.04. The van der Waals surface area contributed by atoms with E-state index >= 15 is 0 Å². The number of phenols is 2. The highest BCUT2D eigenvalue weighted by Crippen LogP contribution is 2.30. The fourth-order valence-electron chi connectivity index (χ4n) is 1.04. The van der Waals surface area contributed by atoms with E-state index in [1.54, 1.807) is 0 Å². The second-order valence-corrected chi connectivity index (χ2v) is 3.01. The zero-order valence-electron chi connectivity index (χ0n) is 7.59. The summed E-state index contributed by atoms with van der Waals surface area (Å²) in [6.07, 6.45) is -1.94. The standard InChI is InChI=1S/C9H10FNO4/c10-7(8(11)9(14)15)4-1-2-5(12)6(13)3-4/h1-3,7-8,12-13H,11H2,(H,14,15). The van der Waals surface area contributed by atoms with E-state index in [9.17, 15) is 9.18 Å². The first-order valence-electron chi connectivity index (χ1n) is 4.08. The molecular weight excluding hydrogens is 205 g/mol. The average molecular weight is 215 g/mol. The molecule has 1 rings (SSSR count). The lowest BCUT2D eigenvalue weighted by molar-refractivity contribution is -0.140. The molecule has 6 heteroatoms. The Labute approximate surface area is 84.6 Å². The van der Waals surface area contributed by atoms with E-state index in [1.165, 1.54) is 0 Å². The first kappa shape index (κ1) is 11.3. The smallest absolute Gasteiger partial charge is 0.323 e. The number of carboxylic acids is 1. The predicted molar refractivity (Wildman–Crippen MR) is 49.2 cm³/mol. The number of benzene rings is 1. The van der Waals surface area contributed by atoms with Gasteiger partial charge in [0.25, 0.3) is 0 Å². The Morgan fingerprint density at radius 1 is 1.33 bits per heavy atom. The average Bonchev–Trinajstić information content (AvgIpc) is 2.19. The Balaban J connectivity index is 2.96. The quantitative estimate of drug-likeness (QED) is 0.550. The summed E-state index contributed by atoms with van der Waals surface area (Å²) < 4.78 is 13.4. The van der Waals surface area contributed by atoms with Gasteiger partial charge in [0, 0.05) is 0 Å². The number of alkyl halides is 1. The summed E-state index contributed by atoms with van der Waals surface area (Å²) in [5.41, 5.74) is 4.96. The van der Waals surface area contributed by atoms with E-state index in [1.807, 2.05) is 0 Å². The van der Waals surface area contributed by atoms with Gasteiger partial charge in [-0.1, -0.05) is 6.07 Å². The molecule has 0 amide bonds. The number of hydrogen-bond donors (Lipinski definition) is 4. The van der Waals surface area contributed by atoms with E-state index in [4.69, 9.17) is 21.1 Å². The van der Waals surface area contributed by atoms with Crippen LogP contribution in [0.15, 0.2) is 18.2 Å². The number of nitrogens with two attached hydrogens (primary N) is 1. The van der Waals surface area contributed by atoms with Gasteiger partial charge in [0.1, 0.15) is 6.04 Å². The second kappa shape index (κ2) is 4.14. The van der Waals surface area contributed by atoms with E-state index < -0.39 is 29.7 Å². The van der Waals surface area contributed by atoms with Crippen molar-refractivity contribution in [2.75, 3.05) is 0 Å². The van der Waals surface area contributed by atoms with Crippen molar-refractivity contribution in [1.29, 1.82) is 0 Å². The first-order valence-corrected chi connectivity index (χ1v) is 4.08. The van der Waals surface area contributed by atoms with Crippen molar-refractivity contribution in [3.63, 3.8) is 0 Å². The maximum absolute atomic E-state index is 13.4. The summed E-state index contributed by atoms with van der Waals surface area (Å²) in [6, 6.07) is 1.45. The molecular formula is C9H10FNO4. The number of aromatic hydroxyl groups is 2. The van der Waals surface area contributed by atoms with Gasteiger partial charge in [-0.05, 0) is 17.7 Å². The molecule has 0 bridgehead atoms. The van der Waals surface area contributed by atoms with Crippen LogP contribution in [-0.4, -0.2) is 27.3 Å². The molecule has 0 radical (unpaired) electrons. The van der Waals surface area contributed by atoms with Crippen LogP contribution in [0.1, 0.15) is 11.7 Å². The number of rotatable bonds is 3. The number of phenolic OH excluding ortho intramolecular Hbond substituents is 2. The minimum atomic E-state index is -1.94. The minimum absolute atomic E-state index is 0.0970. The van der Waals surface area contributed by atoms with Gasteiger partial charge in [-0.25, -0.2) is 4.39 Å². The molecule has 0 saturated carbocycles. The Kier molecular flexibility index (Phi) is 3.11. The van der Waals surface area contributed by atoms with E-state index in [2.05, 4.69) is 0 Å². The summed E-state index contributed by atoms with van der Waals surface area (Å²) in [7, 11) is 0. The van der Waals surface area contributed by atoms with Crippen molar-refractivity contribution in [1.82, 2.24) is 0 Å². The van der Waals surface area contributed by atoms with Crippen LogP contribution in [0.4, 0.5) is 4.39 Å². The zero-order chi connectivity index (χ0) is 11.6. The van der Waals surface area contributed by atoms with Gasteiger partial charge in [0.2, 0.25) is 0 Å². The van der Waals surface area contributed by atoms with Crippen molar-refractivity contribution >= 4 is 5.97 Å². The topological polar surface area (TPSA) is 104 Å². The zero-order valence-corrected chi connectivity index (χ0v) is 7.59. The third-order valence-electron chi connectivity index (χ3n) is 1.92. The van der Waals surface area contributed by atoms with Crippen LogP contribution in [0.5, 0.6) is 11.5 Å². The molecule has 0 spiro atoms. The van der Waals surface area contributed by atoms with E-state index in [0.717, 1.165) is 18.2 Å². The first-order chi connectivity index (χ1) is 6.93. The maximum Gasteiger partial charge on any atom is 0.323 e. The molecule has 82 valence electrons. The number of aliphatic carboxylic acids is 1. The molecule has 1 aromatic carbocycles. The van der Waals surface area contributed by atoms with E-state index in [0.29, 0.717) is 0 Å². The second-order valence-electron chi connectivity index (χ2n) is 3.01. The number of hydrogen-bond acceptors (Lipinski definition) is 4. The summed E-state index contributed by atoms with van der Waals surface area (Å²) >= 11 is 0. The summed E-state index contributed by atoms with van der Waals surface area (Å²) in [4.78, 5) is 10.4. The van der Waals surface area contributed by atoms with Crippen LogP contribution >= 0.6 is 0 Å².